The summed E-state index contributed by atoms with van der Waals surface area (Å²) in [7, 11) is 2.01. The van der Waals surface area contributed by atoms with Gasteiger partial charge < -0.3 is 15.1 Å². The summed E-state index contributed by atoms with van der Waals surface area (Å²) >= 11 is 0. The van der Waals surface area contributed by atoms with Crippen LogP contribution < -0.4 is 5.32 Å². The maximum Gasteiger partial charge on any atom is 0.239 e. The van der Waals surface area contributed by atoms with Crippen LogP contribution in [0.5, 0.6) is 0 Å². The van der Waals surface area contributed by atoms with E-state index < -0.39 is 11.3 Å². The summed E-state index contributed by atoms with van der Waals surface area (Å²) in [6, 6.07) is 8.80. The largest absolute Gasteiger partial charge is 0.339 e. The molecule has 0 unspecified atom stereocenters. The SMILES string of the molecule is CN1CCN(C(=O)C(C)(C)C(=O)Nc2ccccc2C#N)CC1. The van der Waals surface area contributed by atoms with Gasteiger partial charge in [0.15, 0.2) is 0 Å². The molecule has 1 N–H and O–H groups in total. The lowest BCUT2D eigenvalue weighted by Crippen LogP contribution is -2.53. The van der Waals surface area contributed by atoms with Crippen molar-refractivity contribution in [3.63, 3.8) is 0 Å². The van der Waals surface area contributed by atoms with Crippen molar-refractivity contribution >= 4 is 17.5 Å². The number of benzene rings is 1. The Labute approximate surface area is 136 Å². The summed E-state index contributed by atoms with van der Waals surface area (Å²) < 4.78 is 0. The minimum absolute atomic E-state index is 0.183. The third-order valence-corrected chi connectivity index (χ3v) is 4.19. The number of hydrogen-bond donors (Lipinski definition) is 1. The minimum atomic E-state index is -1.18. The molecule has 0 spiro atoms. The van der Waals surface area contributed by atoms with Crippen LogP contribution in [0.25, 0.3) is 0 Å². The number of carbonyl (C=O) groups excluding carboxylic acids is 2. The van der Waals surface area contributed by atoms with Crippen LogP contribution >= 0.6 is 0 Å². The second-order valence-corrected chi connectivity index (χ2v) is 6.33. The van der Waals surface area contributed by atoms with E-state index in [9.17, 15) is 9.59 Å². The van der Waals surface area contributed by atoms with E-state index in [0.717, 1.165) is 13.1 Å². The van der Waals surface area contributed by atoms with Crippen molar-refractivity contribution < 1.29 is 9.59 Å². The molecule has 0 saturated carbocycles. The first-order valence-electron chi connectivity index (χ1n) is 7.64. The van der Waals surface area contributed by atoms with Crippen LogP contribution in [0.15, 0.2) is 24.3 Å². The van der Waals surface area contributed by atoms with Gasteiger partial charge in [-0.25, -0.2) is 0 Å². The van der Waals surface area contributed by atoms with Crippen LogP contribution in [0.3, 0.4) is 0 Å². The molecule has 6 heteroatoms. The summed E-state index contributed by atoms with van der Waals surface area (Å²) in [5.74, 6) is -0.582. The summed E-state index contributed by atoms with van der Waals surface area (Å²) in [6.07, 6.45) is 0. The van der Waals surface area contributed by atoms with Gasteiger partial charge in [-0.15, -0.1) is 0 Å². The first-order chi connectivity index (χ1) is 10.9. The molecule has 1 aromatic rings. The molecule has 1 saturated heterocycles. The molecule has 1 aromatic carbocycles. The predicted molar refractivity (Wildman–Crippen MR) is 87.6 cm³/mol. The molecule has 122 valence electrons. The molecule has 0 radical (unpaired) electrons. The van der Waals surface area contributed by atoms with E-state index in [1.54, 1.807) is 43.0 Å². The lowest BCUT2D eigenvalue weighted by Gasteiger charge is -2.36. The van der Waals surface area contributed by atoms with Gasteiger partial charge in [0, 0.05) is 26.2 Å². The Morgan fingerprint density at radius 1 is 1.17 bits per heavy atom. The van der Waals surface area contributed by atoms with E-state index >= 15 is 0 Å². The molecule has 0 atom stereocenters. The number of nitrogens with zero attached hydrogens (tertiary/aromatic N) is 3. The van der Waals surface area contributed by atoms with Crippen LogP contribution in [0.1, 0.15) is 19.4 Å². The highest BCUT2D eigenvalue weighted by Crippen LogP contribution is 2.24. The second-order valence-electron chi connectivity index (χ2n) is 6.33. The monoisotopic (exact) mass is 314 g/mol. The van der Waals surface area contributed by atoms with Crippen LogP contribution in [0.2, 0.25) is 0 Å². The second kappa shape index (κ2) is 6.80. The molecule has 6 nitrogen and oxygen atoms in total. The zero-order valence-electron chi connectivity index (χ0n) is 13.8. The third kappa shape index (κ3) is 3.69. The van der Waals surface area contributed by atoms with Gasteiger partial charge in [-0.2, -0.15) is 5.26 Å². The lowest BCUT2D eigenvalue weighted by molar-refractivity contribution is -0.147. The van der Waals surface area contributed by atoms with Gasteiger partial charge >= 0.3 is 0 Å². The average Bonchev–Trinajstić information content (AvgIpc) is 2.55. The quantitative estimate of drug-likeness (QED) is 0.853. The molecule has 2 amide bonds. The van der Waals surface area contributed by atoms with Crippen LogP contribution in [0.4, 0.5) is 5.69 Å². The first kappa shape index (κ1) is 17.0. The van der Waals surface area contributed by atoms with Gasteiger partial charge in [-0.05, 0) is 33.0 Å². The number of nitriles is 1. The van der Waals surface area contributed by atoms with Crippen molar-refractivity contribution in [3.8, 4) is 6.07 Å². The molecular formula is C17H22N4O2. The molecule has 1 aliphatic rings. The number of likely N-dealkylation sites (N-methyl/N-ethyl adjacent to an activating group) is 1. The Hall–Kier alpha value is -2.39. The smallest absolute Gasteiger partial charge is 0.239 e. The number of para-hydroxylation sites is 1. The third-order valence-electron chi connectivity index (χ3n) is 4.19. The van der Waals surface area contributed by atoms with E-state index in [1.165, 1.54) is 0 Å². The molecule has 1 heterocycles. The van der Waals surface area contributed by atoms with E-state index in [4.69, 9.17) is 5.26 Å². The normalized spacial score (nSPS) is 15.8. The maximum atomic E-state index is 12.7. The fourth-order valence-electron chi connectivity index (χ4n) is 2.47. The number of anilines is 1. The van der Waals surface area contributed by atoms with E-state index in [1.807, 2.05) is 13.1 Å². The van der Waals surface area contributed by atoms with Crippen molar-refractivity contribution in [2.75, 3.05) is 38.5 Å². The number of rotatable bonds is 3. The number of carbonyl (C=O) groups is 2. The fraction of sp³-hybridized carbons (Fsp3) is 0.471. The number of amides is 2. The number of nitrogens with one attached hydrogen (secondary N) is 1. The van der Waals surface area contributed by atoms with Crippen molar-refractivity contribution in [1.29, 1.82) is 5.26 Å². The van der Waals surface area contributed by atoms with Gasteiger partial charge in [-0.3, -0.25) is 9.59 Å². The minimum Gasteiger partial charge on any atom is -0.339 e. The summed E-state index contributed by atoms with van der Waals surface area (Å²) in [5, 5.41) is 11.8. The molecule has 2 rings (SSSR count). The zero-order chi connectivity index (χ0) is 17.0. The van der Waals surface area contributed by atoms with E-state index in [-0.39, 0.29) is 5.91 Å². The zero-order valence-corrected chi connectivity index (χ0v) is 13.8. The average molecular weight is 314 g/mol. The van der Waals surface area contributed by atoms with Gasteiger partial charge in [-0.1, -0.05) is 12.1 Å². The van der Waals surface area contributed by atoms with E-state index in [0.29, 0.717) is 24.3 Å². The molecular weight excluding hydrogens is 292 g/mol. The highest BCUT2D eigenvalue weighted by atomic mass is 16.2. The Balaban J connectivity index is 2.10. The first-order valence-corrected chi connectivity index (χ1v) is 7.64. The topological polar surface area (TPSA) is 76.4 Å². The summed E-state index contributed by atoms with van der Waals surface area (Å²) in [5.41, 5.74) is -0.374. The molecule has 1 aliphatic heterocycles. The van der Waals surface area contributed by atoms with Crippen molar-refractivity contribution in [2.24, 2.45) is 5.41 Å². The molecule has 1 fully saturated rings. The molecule has 23 heavy (non-hydrogen) atoms. The lowest BCUT2D eigenvalue weighted by atomic mass is 9.89. The van der Waals surface area contributed by atoms with Gasteiger partial charge in [0.05, 0.1) is 11.3 Å². The number of piperazine rings is 1. The number of hydrogen-bond acceptors (Lipinski definition) is 4. The van der Waals surface area contributed by atoms with Crippen molar-refractivity contribution in [2.45, 2.75) is 13.8 Å². The molecule has 0 bridgehead atoms. The Morgan fingerprint density at radius 2 is 1.78 bits per heavy atom. The van der Waals surface area contributed by atoms with Crippen LogP contribution in [-0.4, -0.2) is 54.8 Å². The van der Waals surface area contributed by atoms with Crippen molar-refractivity contribution in [3.05, 3.63) is 29.8 Å². The highest BCUT2D eigenvalue weighted by Gasteiger charge is 2.40. The molecule has 0 aliphatic carbocycles. The van der Waals surface area contributed by atoms with E-state index in [2.05, 4.69) is 10.2 Å². The Kier molecular flexibility index (Phi) is 5.02. The molecule has 0 aromatic heterocycles. The maximum absolute atomic E-state index is 12.7. The standard InChI is InChI=1S/C17H22N4O2/c1-17(2,16(23)21-10-8-20(3)9-11-21)15(22)19-14-7-5-4-6-13(14)12-18/h4-7H,8-11H2,1-3H3,(H,19,22). The fourth-order valence-corrected chi connectivity index (χ4v) is 2.47. The summed E-state index contributed by atoms with van der Waals surface area (Å²) in [4.78, 5) is 29.2. The van der Waals surface area contributed by atoms with Crippen LogP contribution in [0, 0.1) is 16.7 Å². The Morgan fingerprint density at radius 3 is 2.39 bits per heavy atom. The predicted octanol–water partition coefficient (Wildman–Crippen LogP) is 1.30. The van der Waals surface area contributed by atoms with Gasteiger partial charge in [0.1, 0.15) is 11.5 Å². The van der Waals surface area contributed by atoms with Gasteiger partial charge in [0.2, 0.25) is 11.8 Å². The summed E-state index contributed by atoms with van der Waals surface area (Å²) in [6.45, 7) is 6.11. The van der Waals surface area contributed by atoms with Gasteiger partial charge in [0.25, 0.3) is 0 Å². The Bertz CT molecular complexity index is 640. The highest BCUT2D eigenvalue weighted by molar-refractivity contribution is 6.10. The van der Waals surface area contributed by atoms with Crippen molar-refractivity contribution in [1.82, 2.24) is 9.80 Å². The van der Waals surface area contributed by atoms with Crippen LogP contribution in [-0.2, 0) is 9.59 Å².